The molecule has 0 aliphatic heterocycles. The normalized spacial score (nSPS) is 11.4. The van der Waals surface area contributed by atoms with Crippen LogP contribution in [0, 0.1) is 0 Å². The number of carboxylic acids is 1. The lowest BCUT2D eigenvalue weighted by molar-refractivity contribution is -0.139. The van der Waals surface area contributed by atoms with Gasteiger partial charge in [-0.15, -0.1) is 0 Å². The van der Waals surface area contributed by atoms with Crippen LogP contribution in [0.1, 0.15) is 52.4 Å². The van der Waals surface area contributed by atoms with E-state index in [1.807, 2.05) is 42.5 Å². The third kappa shape index (κ3) is 8.73. The van der Waals surface area contributed by atoms with Gasteiger partial charge in [-0.1, -0.05) is 80.1 Å². The summed E-state index contributed by atoms with van der Waals surface area (Å²) in [4.78, 5) is 24.7. The first-order valence-corrected chi connectivity index (χ1v) is 13.6. The highest BCUT2D eigenvalue weighted by molar-refractivity contribution is 5.96. The zero-order chi connectivity index (χ0) is 28.2. The third-order valence-corrected chi connectivity index (χ3v) is 6.58. The van der Waals surface area contributed by atoms with E-state index in [2.05, 4.69) is 36.5 Å². The second-order valence-corrected chi connectivity index (χ2v) is 9.72. The lowest BCUT2D eigenvalue weighted by atomic mass is 10.1. The van der Waals surface area contributed by atoms with Gasteiger partial charge < -0.3 is 19.9 Å². The first-order valence-electron chi connectivity index (χ1n) is 13.6. The minimum atomic E-state index is -1.10. The van der Waals surface area contributed by atoms with Gasteiger partial charge in [0.15, 0.2) is 0 Å². The minimum absolute atomic E-state index is 0.151. The van der Waals surface area contributed by atoms with Crippen molar-refractivity contribution in [1.29, 1.82) is 0 Å². The lowest BCUT2D eigenvalue weighted by Gasteiger charge is -2.15. The van der Waals surface area contributed by atoms with Crippen molar-refractivity contribution in [2.45, 2.75) is 51.9 Å². The summed E-state index contributed by atoms with van der Waals surface area (Å²) in [6.45, 7) is 3.06. The minimum Gasteiger partial charge on any atom is -0.489 e. The SMILES string of the molecule is CCCCc1ccc(COc2ccc(C(=O)N[C@@H](Cc3ccc(OCc4ccccc4)cc3)C(=O)O)cc2)cc1. The molecule has 1 atom stereocenters. The maximum atomic E-state index is 12.8. The quantitative estimate of drug-likeness (QED) is 0.189. The predicted octanol–water partition coefficient (Wildman–Crippen LogP) is 6.61. The van der Waals surface area contributed by atoms with Gasteiger partial charge in [0.25, 0.3) is 5.91 Å². The molecule has 206 valence electrons. The predicted molar refractivity (Wildman–Crippen MR) is 156 cm³/mol. The Kier molecular flexibility index (Phi) is 10.3. The van der Waals surface area contributed by atoms with Crippen LogP contribution >= 0.6 is 0 Å². The van der Waals surface area contributed by atoms with Crippen molar-refractivity contribution >= 4 is 11.9 Å². The van der Waals surface area contributed by atoms with E-state index >= 15 is 0 Å². The molecular weight excluding hydrogens is 502 g/mol. The second kappa shape index (κ2) is 14.5. The number of hydrogen-bond donors (Lipinski definition) is 2. The molecule has 0 spiro atoms. The molecule has 1 amide bonds. The second-order valence-electron chi connectivity index (χ2n) is 9.72. The fourth-order valence-corrected chi connectivity index (χ4v) is 4.19. The summed E-state index contributed by atoms with van der Waals surface area (Å²) >= 11 is 0. The lowest BCUT2D eigenvalue weighted by Crippen LogP contribution is -2.42. The number of amides is 1. The summed E-state index contributed by atoms with van der Waals surface area (Å²) in [5.74, 6) is -0.228. The van der Waals surface area contributed by atoms with Crippen LogP contribution < -0.4 is 14.8 Å². The Hall–Kier alpha value is -4.58. The molecule has 0 fully saturated rings. The van der Waals surface area contributed by atoms with Crippen molar-refractivity contribution in [2.24, 2.45) is 0 Å². The molecule has 4 aromatic rings. The maximum absolute atomic E-state index is 12.8. The molecule has 0 aliphatic rings. The topological polar surface area (TPSA) is 84.9 Å². The fraction of sp³-hybridized carbons (Fsp3) is 0.235. The van der Waals surface area contributed by atoms with E-state index < -0.39 is 17.9 Å². The van der Waals surface area contributed by atoms with E-state index in [1.54, 1.807) is 36.4 Å². The molecule has 4 rings (SSSR count). The number of rotatable bonds is 14. The molecule has 0 heterocycles. The largest absolute Gasteiger partial charge is 0.489 e. The standard InChI is InChI=1S/C34H35NO5/c1-2-3-7-25-10-12-28(13-11-25)24-40-31-20-16-29(17-21-31)33(36)35-32(34(37)38)22-26-14-18-30(19-15-26)39-23-27-8-5-4-6-9-27/h4-6,8-21,32H,2-3,7,22-24H2,1H3,(H,35,36)(H,37,38)/t32-/m0/s1. The number of benzene rings is 4. The van der Waals surface area contributed by atoms with Gasteiger partial charge >= 0.3 is 5.97 Å². The summed E-state index contributed by atoms with van der Waals surface area (Å²) in [7, 11) is 0. The fourth-order valence-electron chi connectivity index (χ4n) is 4.19. The van der Waals surface area contributed by atoms with E-state index in [4.69, 9.17) is 9.47 Å². The van der Waals surface area contributed by atoms with Gasteiger partial charge in [0, 0.05) is 12.0 Å². The maximum Gasteiger partial charge on any atom is 0.326 e. The molecule has 6 heteroatoms. The molecule has 2 N–H and O–H groups in total. The van der Waals surface area contributed by atoms with E-state index in [0.717, 1.165) is 23.1 Å². The van der Waals surface area contributed by atoms with Gasteiger partial charge in [-0.2, -0.15) is 0 Å². The smallest absolute Gasteiger partial charge is 0.326 e. The van der Waals surface area contributed by atoms with Crippen LogP contribution in [0.3, 0.4) is 0 Å². The van der Waals surface area contributed by atoms with Crippen LogP contribution in [-0.4, -0.2) is 23.0 Å². The number of aryl methyl sites for hydroxylation is 1. The van der Waals surface area contributed by atoms with E-state index in [-0.39, 0.29) is 6.42 Å². The number of carbonyl (C=O) groups excluding carboxylic acids is 1. The molecule has 0 saturated heterocycles. The Morgan fingerprint density at radius 1 is 0.700 bits per heavy atom. The molecule has 0 unspecified atom stereocenters. The van der Waals surface area contributed by atoms with Gasteiger partial charge in [0.1, 0.15) is 30.8 Å². The summed E-state index contributed by atoms with van der Waals surface area (Å²) < 4.78 is 11.7. The highest BCUT2D eigenvalue weighted by atomic mass is 16.5. The van der Waals surface area contributed by atoms with E-state index in [1.165, 1.54) is 18.4 Å². The van der Waals surface area contributed by atoms with Crippen molar-refractivity contribution in [2.75, 3.05) is 0 Å². The molecule has 0 aliphatic carbocycles. The first kappa shape index (κ1) is 28.4. The average molecular weight is 538 g/mol. The van der Waals surface area contributed by atoms with E-state index in [9.17, 15) is 14.7 Å². The van der Waals surface area contributed by atoms with Crippen molar-refractivity contribution in [1.82, 2.24) is 5.32 Å². The Labute approximate surface area is 235 Å². The van der Waals surface area contributed by atoms with Crippen LogP contribution in [0.4, 0.5) is 0 Å². The summed E-state index contributed by atoms with van der Waals surface area (Å²) in [6, 6.07) is 31.1. The molecule has 6 nitrogen and oxygen atoms in total. The van der Waals surface area contributed by atoms with Crippen LogP contribution in [-0.2, 0) is 30.8 Å². The zero-order valence-electron chi connectivity index (χ0n) is 22.7. The van der Waals surface area contributed by atoms with Crippen LogP contribution in [0.2, 0.25) is 0 Å². The Balaban J connectivity index is 1.27. The van der Waals surface area contributed by atoms with E-state index in [0.29, 0.717) is 30.3 Å². The molecule has 0 radical (unpaired) electrons. The van der Waals surface area contributed by atoms with Crippen LogP contribution in [0.5, 0.6) is 11.5 Å². The molecule has 40 heavy (non-hydrogen) atoms. The summed E-state index contributed by atoms with van der Waals surface area (Å²) in [5.41, 5.74) is 4.60. The van der Waals surface area contributed by atoms with Crippen molar-refractivity contribution < 1.29 is 24.2 Å². The Morgan fingerprint density at radius 2 is 1.23 bits per heavy atom. The Morgan fingerprint density at radius 3 is 1.80 bits per heavy atom. The molecule has 0 aromatic heterocycles. The number of nitrogens with one attached hydrogen (secondary N) is 1. The van der Waals surface area contributed by atoms with Gasteiger partial charge in [-0.3, -0.25) is 4.79 Å². The molecule has 4 aromatic carbocycles. The first-order chi connectivity index (χ1) is 19.5. The van der Waals surface area contributed by atoms with Gasteiger partial charge in [-0.25, -0.2) is 4.79 Å². The molecule has 0 bridgehead atoms. The highest BCUT2D eigenvalue weighted by Crippen LogP contribution is 2.18. The monoisotopic (exact) mass is 537 g/mol. The number of unbranched alkanes of at least 4 members (excludes halogenated alkanes) is 1. The van der Waals surface area contributed by atoms with Gasteiger partial charge in [-0.05, 0) is 71.5 Å². The zero-order valence-corrected chi connectivity index (χ0v) is 22.7. The number of hydrogen-bond acceptors (Lipinski definition) is 4. The summed E-state index contributed by atoms with van der Waals surface area (Å²) in [6.07, 6.45) is 3.59. The van der Waals surface area contributed by atoms with Crippen LogP contribution in [0.15, 0.2) is 103 Å². The number of ether oxygens (including phenoxy) is 2. The molecule has 0 saturated carbocycles. The molecular formula is C34H35NO5. The van der Waals surface area contributed by atoms with Crippen molar-refractivity contribution in [3.8, 4) is 11.5 Å². The highest BCUT2D eigenvalue weighted by Gasteiger charge is 2.21. The number of carboxylic acid groups (broad SMARTS) is 1. The number of aliphatic carboxylic acids is 1. The average Bonchev–Trinajstić information content (AvgIpc) is 2.99. The Bertz CT molecular complexity index is 1350. The number of carbonyl (C=O) groups is 2. The van der Waals surface area contributed by atoms with Gasteiger partial charge in [0.05, 0.1) is 0 Å². The van der Waals surface area contributed by atoms with Gasteiger partial charge in [0.2, 0.25) is 0 Å². The van der Waals surface area contributed by atoms with Crippen molar-refractivity contribution in [3.63, 3.8) is 0 Å². The van der Waals surface area contributed by atoms with Crippen LogP contribution in [0.25, 0.3) is 0 Å². The summed E-state index contributed by atoms with van der Waals surface area (Å²) in [5, 5.41) is 12.3. The van der Waals surface area contributed by atoms with Crippen molar-refractivity contribution in [3.05, 3.63) is 131 Å². The third-order valence-electron chi connectivity index (χ3n) is 6.58.